The lowest BCUT2D eigenvalue weighted by atomic mass is 10.1. The highest BCUT2D eigenvalue weighted by Crippen LogP contribution is 2.34. The number of hydrogen-bond donors (Lipinski definition) is 1. The van der Waals surface area contributed by atoms with Crippen LogP contribution in [0.3, 0.4) is 0 Å². The number of aromatic nitrogens is 1. The number of halogens is 3. The van der Waals surface area contributed by atoms with E-state index >= 15 is 0 Å². The molecule has 1 aromatic heterocycles. The predicted molar refractivity (Wildman–Crippen MR) is 68.0 cm³/mol. The summed E-state index contributed by atoms with van der Waals surface area (Å²) >= 11 is 0. The fraction of sp³-hybridized carbons (Fsp3) is 0.357. The minimum atomic E-state index is -4.42. The van der Waals surface area contributed by atoms with Gasteiger partial charge < -0.3 is 5.32 Å². The molecule has 0 unspecified atom stereocenters. The Morgan fingerprint density at radius 3 is 2.63 bits per heavy atom. The predicted octanol–water partition coefficient (Wildman–Crippen LogP) is 4.08. The zero-order valence-electron chi connectivity index (χ0n) is 10.2. The van der Waals surface area contributed by atoms with Crippen molar-refractivity contribution >= 4 is 16.6 Å². The molecule has 100 valence electrons. The number of benzene rings is 1. The molecule has 0 aliphatic heterocycles. The first-order valence-electron chi connectivity index (χ1n) is 6.25. The highest BCUT2D eigenvalue weighted by atomic mass is 19.4. The van der Waals surface area contributed by atoms with Crippen LogP contribution < -0.4 is 5.32 Å². The SMILES string of the molecule is FC(F)(F)c1cc(NCC2CC2)c2ccccc2n1. The number of rotatable bonds is 3. The Balaban J connectivity index is 2.04. The van der Waals surface area contributed by atoms with Gasteiger partial charge in [0, 0.05) is 17.6 Å². The molecule has 1 heterocycles. The van der Waals surface area contributed by atoms with E-state index in [-0.39, 0.29) is 0 Å². The van der Waals surface area contributed by atoms with Gasteiger partial charge >= 0.3 is 6.18 Å². The second-order valence-electron chi connectivity index (χ2n) is 4.89. The molecule has 0 radical (unpaired) electrons. The van der Waals surface area contributed by atoms with Crippen LogP contribution in [0.1, 0.15) is 18.5 Å². The molecule has 0 saturated heterocycles. The smallest absolute Gasteiger partial charge is 0.384 e. The average Bonchev–Trinajstić information content (AvgIpc) is 3.18. The number of hydrogen-bond acceptors (Lipinski definition) is 2. The summed E-state index contributed by atoms with van der Waals surface area (Å²) in [6, 6.07) is 8.00. The molecular weight excluding hydrogens is 253 g/mol. The molecule has 1 fully saturated rings. The molecule has 3 rings (SSSR count). The minimum Gasteiger partial charge on any atom is -0.384 e. The topological polar surface area (TPSA) is 24.9 Å². The molecule has 5 heteroatoms. The van der Waals surface area contributed by atoms with Crippen molar-refractivity contribution in [3.05, 3.63) is 36.0 Å². The maximum Gasteiger partial charge on any atom is 0.433 e. The van der Waals surface area contributed by atoms with Crippen LogP contribution in [0, 0.1) is 5.92 Å². The fourth-order valence-corrected chi connectivity index (χ4v) is 2.04. The van der Waals surface area contributed by atoms with Gasteiger partial charge in [-0.05, 0) is 30.9 Å². The molecule has 1 aliphatic rings. The molecule has 0 bridgehead atoms. The first-order valence-corrected chi connectivity index (χ1v) is 6.25. The van der Waals surface area contributed by atoms with Gasteiger partial charge in [-0.3, -0.25) is 0 Å². The Morgan fingerprint density at radius 1 is 1.21 bits per heavy atom. The van der Waals surface area contributed by atoms with Crippen LogP contribution in [0.15, 0.2) is 30.3 Å². The second-order valence-corrected chi connectivity index (χ2v) is 4.89. The second kappa shape index (κ2) is 4.40. The molecule has 1 saturated carbocycles. The first-order chi connectivity index (χ1) is 9.04. The molecular formula is C14H13F3N2. The van der Waals surface area contributed by atoms with Crippen molar-refractivity contribution in [2.75, 3.05) is 11.9 Å². The van der Waals surface area contributed by atoms with Crippen LogP contribution >= 0.6 is 0 Å². The lowest BCUT2D eigenvalue weighted by molar-refractivity contribution is -0.140. The van der Waals surface area contributed by atoms with Gasteiger partial charge in [-0.2, -0.15) is 13.2 Å². The molecule has 2 aromatic rings. The summed E-state index contributed by atoms with van der Waals surface area (Å²) in [5, 5.41) is 3.85. The van der Waals surface area contributed by atoms with E-state index in [1.54, 1.807) is 24.3 Å². The Morgan fingerprint density at radius 2 is 1.95 bits per heavy atom. The number of alkyl halides is 3. The summed E-state index contributed by atoms with van der Waals surface area (Å²) in [4.78, 5) is 3.68. The Bertz CT molecular complexity index is 603. The van der Waals surface area contributed by atoms with E-state index in [9.17, 15) is 13.2 Å². The molecule has 0 spiro atoms. The van der Waals surface area contributed by atoms with Gasteiger partial charge in [-0.15, -0.1) is 0 Å². The van der Waals surface area contributed by atoms with Gasteiger partial charge in [0.25, 0.3) is 0 Å². The van der Waals surface area contributed by atoms with Crippen molar-refractivity contribution < 1.29 is 13.2 Å². The maximum absolute atomic E-state index is 12.8. The van der Waals surface area contributed by atoms with Crippen LogP contribution in [0.2, 0.25) is 0 Å². The monoisotopic (exact) mass is 266 g/mol. The standard InChI is InChI=1S/C14H13F3N2/c15-14(16,17)13-7-12(18-8-9-5-6-9)10-3-1-2-4-11(10)19-13/h1-4,7,9H,5-6,8H2,(H,18,19). The largest absolute Gasteiger partial charge is 0.433 e. The molecule has 1 N–H and O–H groups in total. The molecule has 19 heavy (non-hydrogen) atoms. The van der Waals surface area contributed by atoms with Crippen molar-refractivity contribution in [3.8, 4) is 0 Å². The summed E-state index contributed by atoms with van der Waals surface area (Å²) in [5.74, 6) is 0.598. The van der Waals surface area contributed by atoms with Crippen LogP contribution in [0.4, 0.5) is 18.9 Å². The van der Waals surface area contributed by atoms with Gasteiger partial charge in [-0.1, -0.05) is 18.2 Å². The van der Waals surface area contributed by atoms with Crippen LogP contribution in [-0.4, -0.2) is 11.5 Å². The Kier molecular flexibility index (Phi) is 2.84. The number of pyridine rings is 1. The van der Waals surface area contributed by atoms with Crippen molar-refractivity contribution in [3.63, 3.8) is 0 Å². The van der Waals surface area contributed by atoms with E-state index in [0.717, 1.165) is 30.8 Å². The molecule has 2 nitrogen and oxygen atoms in total. The van der Waals surface area contributed by atoms with Gasteiger partial charge in [0.05, 0.1) is 5.52 Å². The average molecular weight is 266 g/mol. The van der Waals surface area contributed by atoms with Crippen molar-refractivity contribution in [2.45, 2.75) is 19.0 Å². The first kappa shape index (κ1) is 12.3. The minimum absolute atomic E-state index is 0.371. The van der Waals surface area contributed by atoms with E-state index in [4.69, 9.17) is 0 Å². The summed E-state index contributed by atoms with van der Waals surface area (Å²) < 4.78 is 38.5. The summed E-state index contributed by atoms with van der Waals surface area (Å²) in [6.45, 7) is 0.727. The third kappa shape index (κ3) is 2.64. The molecule has 0 amide bonds. The summed E-state index contributed by atoms with van der Waals surface area (Å²) in [5.41, 5.74) is 0.0462. The zero-order valence-corrected chi connectivity index (χ0v) is 10.2. The van der Waals surface area contributed by atoms with Gasteiger partial charge in [-0.25, -0.2) is 4.98 Å². The van der Waals surface area contributed by atoms with E-state index in [1.807, 2.05) is 0 Å². The third-order valence-electron chi connectivity index (χ3n) is 3.28. The maximum atomic E-state index is 12.8. The molecule has 1 aromatic carbocycles. The summed E-state index contributed by atoms with van der Waals surface area (Å²) in [7, 11) is 0. The number of nitrogens with zero attached hydrogens (tertiary/aromatic N) is 1. The normalized spacial score (nSPS) is 15.7. The Labute approximate surface area is 108 Å². The molecule has 0 atom stereocenters. The zero-order chi connectivity index (χ0) is 13.5. The van der Waals surface area contributed by atoms with Gasteiger partial charge in [0.15, 0.2) is 0 Å². The van der Waals surface area contributed by atoms with Crippen molar-refractivity contribution in [1.29, 1.82) is 0 Å². The van der Waals surface area contributed by atoms with Crippen LogP contribution in [-0.2, 0) is 6.18 Å². The lowest BCUT2D eigenvalue weighted by Crippen LogP contribution is -2.11. The van der Waals surface area contributed by atoms with E-state index < -0.39 is 11.9 Å². The quantitative estimate of drug-likeness (QED) is 0.905. The fourth-order valence-electron chi connectivity index (χ4n) is 2.04. The van der Waals surface area contributed by atoms with Gasteiger partial charge in [0.1, 0.15) is 5.69 Å². The number of fused-ring (bicyclic) bond motifs is 1. The number of para-hydroxylation sites is 1. The number of anilines is 1. The number of nitrogens with one attached hydrogen (secondary N) is 1. The third-order valence-corrected chi connectivity index (χ3v) is 3.28. The van der Waals surface area contributed by atoms with Crippen LogP contribution in [0.5, 0.6) is 0 Å². The molecule has 1 aliphatic carbocycles. The lowest BCUT2D eigenvalue weighted by Gasteiger charge is -2.13. The van der Waals surface area contributed by atoms with E-state index in [1.165, 1.54) is 0 Å². The van der Waals surface area contributed by atoms with E-state index in [2.05, 4.69) is 10.3 Å². The van der Waals surface area contributed by atoms with Crippen molar-refractivity contribution in [2.24, 2.45) is 5.92 Å². The highest BCUT2D eigenvalue weighted by Gasteiger charge is 2.33. The summed E-state index contributed by atoms with van der Waals surface area (Å²) in [6.07, 6.45) is -2.11. The van der Waals surface area contributed by atoms with Crippen LogP contribution in [0.25, 0.3) is 10.9 Å². The Hall–Kier alpha value is -1.78. The van der Waals surface area contributed by atoms with Gasteiger partial charge in [0.2, 0.25) is 0 Å². The highest BCUT2D eigenvalue weighted by molar-refractivity contribution is 5.91. The van der Waals surface area contributed by atoms with Crippen molar-refractivity contribution in [1.82, 2.24) is 4.98 Å². The van der Waals surface area contributed by atoms with E-state index in [0.29, 0.717) is 17.1 Å².